The predicted molar refractivity (Wildman–Crippen MR) is 66.1 cm³/mol. The Bertz CT molecular complexity index is 304. The van der Waals surface area contributed by atoms with Crippen molar-refractivity contribution in [3.05, 3.63) is 0 Å². The van der Waals surface area contributed by atoms with E-state index in [0.717, 1.165) is 12.8 Å². The molecule has 1 aliphatic carbocycles. The molecule has 0 radical (unpaired) electrons. The van der Waals surface area contributed by atoms with Crippen molar-refractivity contribution in [3.8, 4) is 0 Å². The largest absolute Gasteiger partial charge is 0.465 e. The van der Waals surface area contributed by atoms with Gasteiger partial charge in [0, 0.05) is 0 Å². The molecule has 0 aromatic rings. The lowest BCUT2D eigenvalue weighted by Crippen LogP contribution is -2.36. The van der Waals surface area contributed by atoms with Crippen molar-refractivity contribution < 1.29 is 14.7 Å². The van der Waals surface area contributed by atoms with Crippen LogP contribution in [-0.4, -0.2) is 23.5 Å². The van der Waals surface area contributed by atoms with E-state index in [1.165, 1.54) is 0 Å². The zero-order valence-corrected chi connectivity index (χ0v) is 11.2. The third-order valence-electron chi connectivity index (χ3n) is 3.59. The normalized spacial score (nSPS) is 28.1. The fourth-order valence-electron chi connectivity index (χ4n) is 2.38. The van der Waals surface area contributed by atoms with Gasteiger partial charge in [-0.2, -0.15) is 0 Å². The molecular formula is C13H23NO3. The Labute approximate surface area is 103 Å². The molecule has 2 unspecified atom stereocenters. The number of ether oxygens (including phenoxy) is 1. The Hall–Kier alpha value is -1.06. The van der Waals surface area contributed by atoms with Crippen LogP contribution in [0.4, 0.5) is 0 Å². The van der Waals surface area contributed by atoms with Gasteiger partial charge in [-0.25, -0.2) is 0 Å². The lowest BCUT2D eigenvalue weighted by atomic mass is 9.69. The number of carbonyl (C=O) groups is 1. The van der Waals surface area contributed by atoms with Crippen LogP contribution in [-0.2, 0) is 9.53 Å². The average Bonchev–Trinajstić information content (AvgIpc) is 2.27. The van der Waals surface area contributed by atoms with Gasteiger partial charge in [0.25, 0.3) is 0 Å². The van der Waals surface area contributed by atoms with Crippen LogP contribution in [0.1, 0.15) is 47.0 Å². The summed E-state index contributed by atoms with van der Waals surface area (Å²) >= 11 is 0. The van der Waals surface area contributed by atoms with Crippen LogP contribution >= 0.6 is 0 Å². The van der Waals surface area contributed by atoms with Crippen molar-refractivity contribution in [2.75, 3.05) is 6.61 Å². The summed E-state index contributed by atoms with van der Waals surface area (Å²) in [6.45, 7) is 8.69. The van der Waals surface area contributed by atoms with E-state index in [1.807, 2.05) is 0 Å². The van der Waals surface area contributed by atoms with Crippen LogP contribution in [0.5, 0.6) is 0 Å². The van der Waals surface area contributed by atoms with Gasteiger partial charge in [-0.3, -0.25) is 4.79 Å². The number of oxime groups is 1. The van der Waals surface area contributed by atoms with Crippen molar-refractivity contribution in [2.45, 2.75) is 47.0 Å². The summed E-state index contributed by atoms with van der Waals surface area (Å²) in [6, 6.07) is 0. The van der Waals surface area contributed by atoms with Crippen LogP contribution in [0.2, 0.25) is 0 Å². The molecule has 0 saturated heterocycles. The molecule has 0 spiro atoms. The summed E-state index contributed by atoms with van der Waals surface area (Å²) in [5, 5.41) is 12.4. The van der Waals surface area contributed by atoms with Gasteiger partial charge < -0.3 is 9.94 Å². The highest BCUT2D eigenvalue weighted by molar-refractivity contribution is 6.02. The van der Waals surface area contributed by atoms with E-state index in [9.17, 15) is 4.79 Å². The van der Waals surface area contributed by atoms with Crippen molar-refractivity contribution in [1.29, 1.82) is 0 Å². The minimum atomic E-state index is -0.349. The molecule has 1 rings (SSSR count). The maximum absolute atomic E-state index is 11.7. The molecule has 4 heteroatoms. The molecule has 0 amide bonds. The first-order chi connectivity index (χ1) is 7.90. The second-order valence-electron chi connectivity index (χ2n) is 5.74. The molecule has 17 heavy (non-hydrogen) atoms. The molecule has 0 aromatic heterocycles. The fraction of sp³-hybridized carbons (Fsp3) is 0.846. The monoisotopic (exact) mass is 241 g/mol. The molecular weight excluding hydrogens is 218 g/mol. The quantitative estimate of drug-likeness (QED) is 0.459. The number of rotatable bonds is 2. The maximum atomic E-state index is 11.7. The van der Waals surface area contributed by atoms with E-state index >= 15 is 0 Å². The van der Waals surface area contributed by atoms with Crippen molar-refractivity contribution >= 4 is 11.7 Å². The van der Waals surface area contributed by atoms with E-state index in [4.69, 9.17) is 9.94 Å². The summed E-state index contributed by atoms with van der Waals surface area (Å²) in [5.41, 5.74) is 0.755. The maximum Gasteiger partial charge on any atom is 0.314 e. The van der Waals surface area contributed by atoms with Gasteiger partial charge in [0.1, 0.15) is 0 Å². The fourth-order valence-corrected chi connectivity index (χ4v) is 2.38. The standard InChI is InChI=1S/C13H23NO3/c1-5-17-12(15)10-7-6-9(13(2,3)4)8-11(10)14-16/h9-10,16H,5-8H2,1-4H3/b14-11-. The van der Waals surface area contributed by atoms with E-state index in [1.54, 1.807) is 6.92 Å². The Morgan fingerprint density at radius 2 is 2.12 bits per heavy atom. The molecule has 0 heterocycles. The second-order valence-corrected chi connectivity index (χ2v) is 5.74. The van der Waals surface area contributed by atoms with Gasteiger partial charge in [0.05, 0.1) is 18.2 Å². The Morgan fingerprint density at radius 3 is 2.59 bits per heavy atom. The van der Waals surface area contributed by atoms with E-state index in [0.29, 0.717) is 24.7 Å². The summed E-state index contributed by atoms with van der Waals surface area (Å²) < 4.78 is 5.00. The van der Waals surface area contributed by atoms with Gasteiger partial charge >= 0.3 is 5.97 Å². The second kappa shape index (κ2) is 5.52. The third-order valence-corrected chi connectivity index (χ3v) is 3.59. The SMILES string of the molecule is CCOC(=O)C1CCC(C(C)(C)C)C/C1=N/O. The first kappa shape index (κ1) is 14.0. The van der Waals surface area contributed by atoms with Crippen LogP contribution in [0.25, 0.3) is 0 Å². The highest BCUT2D eigenvalue weighted by Crippen LogP contribution is 2.38. The highest BCUT2D eigenvalue weighted by atomic mass is 16.5. The summed E-state index contributed by atoms with van der Waals surface area (Å²) in [5.74, 6) is -0.148. The molecule has 2 atom stereocenters. The van der Waals surface area contributed by atoms with Crippen LogP contribution in [0.15, 0.2) is 5.16 Å². The number of hydrogen-bond donors (Lipinski definition) is 1. The van der Waals surface area contributed by atoms with Gasteiger partial charge in [0.2, 0.25) is 0 Å². The minimum Gasteiger partial charge on any atom is -0.465 e. The molecule has 0 aromatic carbocycles. The summed E-state index contributed by atoms with van der Waals surface area (Å²) in [4.78, 5) is 11.7. The Kier molecular flexibility index (Phi) is 4.54. The number of nitrogens with zero attached hydrogens (tertiary/aromatic N) is 1. The van der Waals surface area contributed by atoms with Gasteiger partial charge in [-0.1, -0.05) is 25.9 Å². The molecule has 0 aliphatic heterocycles. The summed E-state index contributed by atoms with van der Waals surface area (Å²) in [7, 11) is 0. The van der Waals surface area contributed by atoms with Crippen molar-refractivity contribution in [1.82, 2.24) is 0 Å². The van der Waals surface area contributed by atoms with Gasteiger partial charge in [-0.05, 0) is 37.5 Å². The molecule has 1 N–H and O–H groups in total. The molecule has 0 bridgehead atoms. The molecule has 4 nitrogen and oxygen atoms in total. The molecule has 1 saturated carbocycles. The van der Waals surface area contributed by atoms with Gasteiger partial charge in [-0.15, -0.1) is 0 Å². The summed E-state index contributed by atoms with van der Waals surface area (Å²) in [6.07, 6.45) is 2.38. The lowest BCUT2D eigenvalue weighted by molar-refractivity contribution is -0.146. The number of esters is 1. The zero-order chi connectivity index (χ0) is 13.1. The topological polar surface area (TPSA) is 58.9 Å². The predicted octanol–water partition coefficient (Wildman–Crippen LogP) is 2.84. The first-order valence-electron chi connectivity index (χ1n) is 6.27. The minimum absolute atomic E-state index is 0.176. The first-order valence-corrected chi connectivity index (χ1v) is 6.27. The van der Waals surface area contributed by atoms with Crippen molar-refractivity contribution in [3.63, 3.8) is 0 Å². The van der Waals surface area contributed by atoms with E-state index in [-0.39, 0.29) is 17.3 Å². The highest BCUT2D eigenvalue weighted by Gasteiger charge is 2.37. The van der Waals surface area contributed by atoms with Crippen LogP contribution in [0, 0.1) is 17.3 Å². The molecule has 98 valence electrons. The Balaban J connectivity index is 2.73. The number of hydrogen-bond acceptors (Lipinski definition) is 4. The van der Waals surface area contributed by atoms with Crippen LogP contribution in [0.3, 0.4) is 0 Å². The van der Waals surface area contributed by atoms with E-state index in [2.05, 4.69) is 25.9 Å². The lowest BCUT2D eigenvalue weighted by Gasteiger charge is -2.36. The average molecular weight is 241 g/mol. The Morgan fingerprint density at radius 1 is 1.47 bits per heavy atom. The zero-order valence-electron chi connectivity index (χ0n) is 11.2. The molecule has 1 fully saturated rings. The van der Waals surface area contributed by atoms with Gasteiger partial charge in [0.15, 0.2) is 0 Å². The smallest absolute Gasteiger partial charge is 0.314 e. The van der Waals surface area contributed by atoms with E-state index < -0.39 is 0 Å². The van der Waals surface area contributed by atoms with Crippen molar-refractivity contribution in [2.24, 2.45) is 22.4 Å². The molecule has 1 aliphatic rings. The van der Waals surface area contributed by atoms with Crippen LogP contribution < -0.4 is 0 Å². The third kappa shape index (κ3) is 3.45. The number of carbonyl (C=O) groups excluding carboxylic acids is 1.